The fourth-order valence-electron chi connectivity index (χ4n) is 3.44. The van der Waals surface area contributed by atoms with Crippen molar-refractivity contribution in [2.75, 3.05) is 5.32 Å². The number of amidine groups is 1. The average molecular weight is 473 g/mol. The van der Waals surface area contributed by atoms with Crippen LogP contribution in [-0.4, -0.2) is 16.7 Å². The third-order valence-electron chi connectivity index (χ3n) is 6.05. The van der Waals surface area contributed by atoms with Crippen LogP contribution in [0.25, 0.3) is 5.70 Å². The molecule has 1 aliphatic heterocycles. The van der Waals surface area contributed by atoms with Crippen molar-refractivity contribution < 1.29 is 9.72 Å². The molecule has 2 aromatic rings. The lowest BCUT2D eigenvalue weighted by Gasteiger charge is -2.10. The summed E-state index contributed by atoms with van der Waals surface area (Å²) in [5.74, 6) is 1.06. The van der Waals surface area contributed by atoms with Gasteiger partial charge in [-0.2, -0.15) is 0 Å². The van der Waals surface area contributed by atoms with E-state index in [0.29, 0.717) is 17.2 Å². The van der Waals surface area contributed by atoms with Gasteiger partial charge in [-0.3, -0.25) is 14.9 Å². The molecular weight excluding hydrogens is 440 g/mol. The maximum atomic E-state index is 12.4. The van der Waals surface area contributed by atoms with Crippen molar-refractivity contribution >= 4 is 28.8 Å². The molecule has 2 N–H and O–H groups in total. The summed E-state index contributed by atoms with van der Waals surface area (Å²) in [6.45, 7) is 10.7. The quantitative estimate of drug-likeness (QED) is 0.343. The molecule has 1 amide bonds. The van der Waals surface area contributed by atoms with Gasteiger partial charge in [-0.05, 0) is 55.5 Å². The zero-order valence-electron chi connectivity index (χ0n) is 20.9. The van der Waals surface area contributed by atoms with Gasteiger partial charge in [0.25, 0.3) is 5.69 Å². The predicted molar refractivity (Wildman–Crippen MR) is 142 cm³/mol. The Bertz CT molecular complexity index is 1220. The largest absolute Gasteiger partial charge is 0.339 e. The van der Waals surface area contributed by atoms with Gasteiger partial charge in [-0.25, -0.2) is 4.99 Å². The molecule has 0 aromatic heterocycles. The summed E-state index contributed by atoms with van der Waals surface area (Å²) in [6.07, 6.45) is 5.14. The van der Waals surface area contributed by atoms with E-state index in [0.717, 1.165) is 29.1 Å². The molecule has 0 aliphatic carbocycles. The summed E-state index contributed by atoms with van der Waals surface area (Å²) in [4.78, 5) is 27.4. The summed E-state index contributed by atoms with van der Waals surface area (Å²) < 4.78 is 0. The molecule has 0 saturated carbocycles. The zero-order valence-corrected chi connectivity index (χ0v) is 20.9. The second kappa shape index (κ2) is 11.4. The van der Waals surface area contributed by atoms with Gasteiger partial charge >= 0.3 is 0 Å². The molecule has 7 nitrogen and oxygen atoms in total. The highest BCUT2D eigenvalue weighted by Gasteiger charge is 2.20. The van der Waals surface area contributed by atoms with Gasteiger partial charge in [-0.15, -0.1) is 0 Å². The van der Waals surface area contributed by atoms with E-state index in [9.17, 15) is 14.9 Å². The first-order valence-electron chi connectivity index (χ1n) is 11.7. The lowest BCUT2D eigenvalue weighted by atomic mass is 9.98. The first-order valence-corrected chi connectivity index (χ1v) is 11.7. The fourth-order valence-corrected chi connectivity index (χ4v) is 3.44. The minimum Gasteiger partial charge on any atom is -0.339 e. The number of non-ortho nitro benzene ring substituents is 1. The molecular formula is C28H32N4O3. The third kappa shape index (κ3) is 6.76. The molecule has 1 heterocycles. The molecule has 7 heteroatoms. The number of carbonyl (C=O) groups excluding carboxylic acids is 1. The molecule has 0 fully saturated rings. The van der Waals surface area contributed by atoms with E-state index in [2.05, 4.69) is 51.3 Å². The van der Waals surface area contributed by atoms with Crippen LogP contribution in [0.5, 0.6) is 0 Å². The summed E-state index contributed by atoms with van der Waals surface area (Å²) in [6, 6.07) is 13.6. The number of nitrogens with one attached hydrogen (secondary N) is 2. The summed E-state index contributed by atoms with van der Waals surface area (Å²) in [5, 5.41) is 17.1. The molecule has 3 rings (SSSR count). The first-order chi connectivity index (χ1) is 16.7. The van der Waals surface area contributed by atoms with Crippen molar-refractivity contribution in [1.29, 1.82) is 0 Å². The number of hydrogen-bond acceptors (Lipinski definition) is 4. The number of carbonyl (C=O) groups is 1. The molecule has 0 saturated heterocycles. The predicted octanol–water partition coefficient (Wildman–Crippen LogP) is 6.40. The lowest BCUT2D eigenvalue weighted by molar-refractivity contribution is -0.384. The van der Waals surface area contributed by atoms with Gasteiger partial charge in [0.1, 0.15) is 5.84 Å². The lowest BCUT2D eigenvalue weighted by Crippen LogP contribution is -2.18. The van der Waals surface area contributed by atoms with Gasteiger partial charge in [0.15, 0.2) is 0 Å². The van der Waals surface area contributed by atoms with Crippen molar-refractivity contribution in [1.82, 2.24) is 5.32 Å². The van der Waals surface area contributed by atoms with E-state index in [1.54, 1.807) is 12.1 Å². The Hall–Kier alpha value is -4.00. The van der Waals surface area contributed by atoms with Crippen LogP contribution < -0.4 is 10.6 Å². The standard InChI is InChI=1S/C28H32N4O3/c1-6-19(4)17-29-28-25(20(5)18(2)3)16-26(31-28)22-9-11-23(12-10-22)30-27(33)15-21-7-13-24(14-8-21)32(34)35/h7-14,16-18H,6,15H2,1-5H3,(H,29,31)(H,30,33)/b19-17+,25-20+. The van der Waals surface area contributed by atoms with Crippen LogP contribution in [0, 0.1) is 16.0 Å². The topological polar surface area (TPSA) is 96.6 Å². The Morgan fingerprint density at radius 3 is 2.34 bits per heavy atom. The molecule has 0 bridgehead atoms. The van der Waals surface area contributed by atoms with E-state index in [1.807, 2.05) is 30.5 Å². The Labute approximate surface area is 206 Å². The van der Waals surface area contributed by atoms with E-state index in [4.69, 9.17) is 4.99 Å². The molecule has 0 spiro atoms. The molecule has 0 unspecified atom stereocenters. The monoisotopic (exact) mass is 472 g/mol. The fraction of sp³-hybridized carbons (Fsp3) is 0.286. The third-order valence-corrected chi connectivity index (χ3v) is 6.05. The van der Waals surface area contributed by atoms with Gasteiger partial charge in [0.2, 0.25) is 5.91 Å². The number of nitro benzene ring substituents is 1. The Kier molecular flexibility index (Phi) is 8.36. The van der Waals surface area contributed by atoms with Gasteiger partial charge in [-0.1, -0.05) is 56.2 Å². The summed E-state index contributed by atoms with van der Waals surface area (Å²) in [7, 11) is 0. The minimum absolute atomic E-state index is 0.00545. The van der Waals surface area contributed by atoms with Crippen LogP contribution >= 0.6 is 0 Å². The zero-order chi connectivity index (χ0) is 25.5. The smallest absolute Gasteiger partial charge is 0.269 e. The van der Waals surface area contributed by atoms with E-state index >= 15 is 0 Å². The second-order valence-electron chi connectivity index (χ2n) is 8.97. The number of hydrogen-bond donors (Lipinski definition) is 2. The molecule has 0 radical (unpaired) electrons. The summed E-state index contributed by atoms with van der Waals surface area (Å²) >= 11 is 0. The maximum absolute atomic E-state index is 12.4. The number of nitro groups is 1. The average Bonchev–Trinajstić information content (AvgIpc) is 3.26. The number of amides is 1. The molecule has 35 heavy (non-hydrogen) atoms. The number of aliphatic imine (C=N–C) groups is 1. The number of benzene rings is 2. The number of allylic oxidation sites excluding steroid dienone is 2. The van der Waals surface area contributed by atoms with Gasteiger partial charge in [0, 0.05) is 35.3 Å². The molecule has 0 atom stereocenters. The van der Waals surface area contributed by atoms with Crippen LogP contribution in [0.1, 0.15) is 52.2 Å². The number of rotatable bonds is 8. The highest BCUT2D eigenvalue weighted by molar-refractivity contribution is 6.12. The maximum Gasteiger partial charge on any atom is 0.269 e. The van der Waals surface area contributed by atoms with Crippen molar-refractivity contribution in [3.63, 3.8) is 0 Å². The van der Waals surface area contributed by atoms with Gasteiger partial charge in [0.05, 0.1) is 11.3 Å². The second-order valence-corrected chi connectivity index (χ2v) is 8.97. The Morgan fingerprint density at radius 2 is 1.77 bits per heavy atom. The van der Waals surface area contributed by atoms with Crippen LogP contribution in [0.4, 0.5) is 11.4 Å². The minimum atomic E-state index is -0.458. The van der Waals surface area contributed by atoms with Crippen LogP contribution in [-0.2, 0) is 11.2 Å². The highest BCUT2D eigenvalue weighted by atomic mass is 16.6. The molecule has 1 aliphatic rings. The van der Waals surface area contributed by atoms with Crippen molar-refractivity contribution in [3.05, 3.63) is 98.8 Å². The van der Waals surface area contributed by atoms with Crippen LogP contribution in [0.3, 0.4) is 0 Å². The van der Waals surface area contributed by atoms with Crippen molar-refractivity contribution in [3.8, 4) is 0 Å². The Balaban J connectivity index is 1.72. The van der Waals surface area contributed by atoms with E-state index < -0.39 is 4.92 Å². The summed E-state index contributed by atoms with van der Waals surface area (Å²) in [5.41, 5.74) is 6.94. The van der Waals surface area contributed by atoms with Crippen LogP contribution in [0.2, 0.25) is 0 Å². The molecule has 2 aromatic carbocycles. The Morgan fingerprint density at radius 1 is 1.11 bits per heavy atom. The van der Waals surface area contributed by atoms with Gasteiger partial charge < -0.3 is 10.6 Å². The first kappa shape index (κ1) is 25.6. The van der Waals surface area contributed by atoms with E-state index in [-0.39, 0.29) is 18.0 Å². The number of anilines is 1. The normalized spacial score (nSPS) is 16.2. The van der Waals surface area contributed by atoms with Crippen LogP contribution in [0.15, 0.2) is 82.5 Å². The van der Waals surface area contributed by atoms with Crippen molar-refractivity contribution in [2.24, 2.45) is 10.9 Å². The number of nitrogens with zero attached hydrogens (tertiary/aromatic N) is 2. The van der Waals surface area contributed by atoms with E-state index in [1.165, 1.54) is 23.3 Å². The molecule has 182 valence electrons. The van der Waals surface area contributed by atoms with Crippen molar-refractivity contribution in [2.45, 2.75) is 47.5 Å². The SMILES string of the molecule is CC/C(C)=C/N=C1\NC(c2ccc(NC(=O)Cc3ccc([N+](=O)[O-])cc3)cc2)=C\C1=C(\C)C(C)C. The highest BCUT2D eigenvalue weighted by Crippen LogP contribution is 2.27.